The zero-order valence-corrected chi connectivity index (χ0v) is 8.15. The standard InChI is InChI=1S/C8H16BP/c1-4-5-6-8(2)9-7-10-3/h4-6,9-10H,7H2,1-3H3/b5-4-,8-6+. The van der Waals surface area contributed by atoms with Gasteiger partial charge in [0.1, 0.15) is 0 Å². The van der Waals surface area contributed by atoms with Crippen LogP contribution >= 0.6 is 8.58 Å². The predicted octanol–water partition coefficient (Wildman–Crippen LogP) is 2.17. The Hall–Kier alpha value is -0.0251. The number of rotatable bonds is 4. The van der Waals surface area contributed by atoms with Crippen molar-refractivity contribution in [3.05, 3.63) is 23.7 Å². The summed E-state index contributed by atoms with van der Waals surface area (Å²) in [5.41, 5.74) is 1.49. The molecule has 0 nitrogen and oxygen atoms in total. The smallest absolute Gasteiger partial charge is 0.133 e. The third-order valence-electron chi connectivity index (χ3n) is 1.34. The molecule has 0 fully saturated rings. The van der Waals surface area contributed by atoms with E-state index in [2.05, 4.69) is 31.8 Å². The molecule has 56 valence electrons. The van der Waals surface area contributed by atoms with Crippen molar-refractivity contribution >= 4 is 15.9 Å². The Morgan fingerprint density at radius 2 is 2.30 bits per heavy atom. The molecule has 0 saturated heterocycles. The highest BCUT2D eigenvalue weighted by Crippen LogP contribution is 2.02. The van der Waals surface area contributed by atoms with Gasteiger partial charge >= 0.3 is 0 Å². The van der Waals surface area contributed by atoms with Gasteiger partial charge in [-0.2, -0.15) is 0 Å². The first kappa shape index (κ1) is 9.97. The first-order valence-electron chi connectivity index (χ1n) is 3.74. The normalized spacial score (nSPS) is 13.7. The minimum absolute atomic E-state index is 1.09. The fourth-order valence-electron chi connectivity index (χ4n) is 0.666. The van der Waals surface area contributed by atoms with Crippen LogP contribution in [0.15, 0.2) is 23.7 Å². The van der Waals surface area contributed by atoms with Crippen LogP contribution in [0.3, 0.4) is 0 Å². The summed E-state index contributed by atoms with van der Waals surface area (Å²) in [4.78, 5) is 0. The summed E-state index contributed by atoms with van der Waals surface area (Å²) in [5.74, 6) is 0. The Morgan fingerprint density at radius 3 is 2.80 bits per heavy atom. The van der Waals surface area contributed by atoms with Crippen molar-refractivity contribution in [2.45, 2.75) is 13.8 Å². The van der Waals surface area contributed by atoms with Gasteiger partial charge in [0.15, 0.2) is 7.28 Å². The third kappa shape index (κ3) is 6.10. The van der Waals surface area contributed by atoms with Crippen LogP contribution in [0.2, 0.25) is 0 Å². The topological polar surface area (TPSA) is 0 Å². The molecule has 0 N–H and O–H groups in total. The van der Waals surface area contributed by atoms with E-state index in [4.69, 9.17) is 0 Å². The maximum Gasteiger partial charge on any atom is 0.156 e. The van der Waals surface area contributed by atoms with Crippen molar-refractivity contribution in [1.82, 2.24) is 0 Å². The van der Waals surface area contributed by atoms with Crippen LogP contribution in [0.25, 0.3) is 0 Å². The van der Waals surface area contributed by atoms with Gasteiger partial charge in [-0.3, -0.25) is 0 Å². The molecule has 1 atom stereocenters. The van der Waals surface area contributed by atoms with Gasteiger partial charge in [0, 0.05) is 0 Å². The second-order valence-electron chi connectivity index (χ2n) is 2.39. The molecule has 0 rings (SSSR count). The fraction of sp³-hybridized carbons (Fsp3) is 0.500. The number of hydrogen-bond donors (Lipinski definition) is 0. The SMILES string of the molecule is C/C=C\C=C(/C)BCPC. The van der Waals surface area contributed by atoms with Gasteiger partial charge in [-0.05, 0) is 13.6 Å². The van der Waals surface area contributed by atoms with Gasteiger partial charge in [0.2, 0.25) is 0 Å². The van der Waals surface area contributed by atoms with E-state index < -0.39 is 0 Å². The Bertz CT molecular complexity index is 127. The minimum atomic E-state index is 1.09. The van der Waals surface area contributed by atoms with E-state index in [1.807, 2.05) is 6.92 Å². The van der Waals surface area contributed by atoms with Gasteiger partial charge in [-0.25, -0.2) is 0 Å². The van der Waals surface area contributed by atoms with E-state index in [1.165, 1.54) is 18.8 Å². The largest absolute Gasteiger partial charge is 0.156 e. The van der Waals surface area contributed by atoms with E-state index >= 15 is 0 Å². The van der Waals surface area contributed by atoms with Crippen LogP contribution in [-0.4, -0.2) is 20.0 Å². The second-order valence-corrected chi connectivity index (χ2v) is 3.60. The molecular weight excluding hydrogens is 138 g/mol. The number of hydrogen-bond acceptors (Lipinski definition) is 0. The van der Waals surface area contributed by atoms with E-state index in [0.717, 1.165) is 8.58 Å². The minimum Gasteiger partial charge on any atom is -0.133 e. The Balaban J connectivity index is 3.49. The van der Waals surface area contributed by atoms with E-state index in [9.17, 15) is 0 Å². The van der Waals surface area contributed by atoms with Crippen LogP contribution < -0.4 is 0 Å². The maximum atomic E-state index is 2.25. The molecule has 10 heavy (non-hydrogen) atoms. The predicted molar refractivity (Wildman–Crippen MR) is 54.8 cm³/mol. The zero-order chi connectivity index (χ0) is 7.82. The van der Waals surface area contributed by atoms with Crippen molar-refractivity contribution in [2.75, 3.05) is 12.7 Å². The third-order valence-corrected chi connectivity index (χ3v) is 2.09. The van der Waals surface area contributed by atoms with Crippen molar-refractivity contribution in [2.24, 2.45) is 0 Å². The van der Waals surface area contributed by atoms with Crippen molar-refractivity contribution in [1.29, 1.82) is 0 Å². The highest BCUT2D eigenvalue weighted by Gasteiger charge is 1.88. The summed E-state index contributed by atoms with van der Waals surface area (Å²) in [7, 11) is 2.35. The molecule has 0 aromatic rings. The van der Waals surface area contributed by atoms with E-state index in [1.54, 1.807) is 0 Å². The summed E-state index contributed by atoms with van der Waals surface area (Å²) in [6.45, 7) is 6.49. The lowest BCUT2D eigenvalue weighted by Gasteiger charge is -1.93. The van der Waals surface area contributed by atoms with Crippen LogP contribution in [0.4, 0.5) is 0 Å². The summed E-state index contributed by atoms with van der Waals surface area (Å²) in [5, 5.41) is 0. The van der Waals surface area contributed by atoms with Crippen molar-refractivity contribution in [3.63, 3.8) is 0 Å². The quantitative estimate of drug-likeness (QED) is 0.330. The molecule has 0 heterocycles. The molecule has 2 heteroatoms. The van der Waals surface area contributed by atoms with Gasteiger partial charge in [-0.15, -0.1) is 14.1 Å². The molecule has 0 spiro atoms. The first-order chi connectivity index (χ1) is 4.81. The lowest BCUT2D eigenvalue weighted by Crippen LogP contribution is -1.94. The van der Waals surface area contributed by atoms with Gasteiger partial charge in [0.05, 0.1) is 0 Å². The molecule has 0 radical (unpaired) electrons. The molecule has 0 aromatic carbocycles. The first-order valence-corrected chi connectivity index (χ1v) is 5.45. The highest BCUT2D eigenvalue weighted by molar-refractivity contribution is 7.39. The van der Waals surface area contributed by atoms with Gasteiger partial charge in [-0.1, -0.05) is 31.2 Å². The second kappa shape index (κ2) is 7.09. The summed E-state index contributed by atoms with van der Waals surface area (Å²) < 4.78 is 0. The monoisotopic (exact) mass is 154 g/mol. The van der Waals surface area contributed by atoms with Crippen LogP contribution in [0, 0.1) is 0 Å². The van der Waals surface area contributed by atoms with E-state index in [-0.39, 0.29) is 0 Å². The molecule has 0 amide bonds. The number of allylic oxidation sites excluding steroid dienone is 4. The van der Waals surface area contributed by atoms with Crippen LogP contribution in [-0.2, 0) is 0 Å². The zero-order valence-electron chi connectivity index (χ0n) is 7.15. The fourth-order valence-corrected chi connectivity index (χ4v) is 1.31. The Labute approximate surface area is 66.8 Å². The van der Waals surface area contributed by atoms with Crippen molar-refractivity contribution < 1.29 is 0 Å². The van der Waals surface area contributed by atoms with Crippen LogP contribution in [0.1, 0.15) is 13.8 Å². The Kier molecular flexibility index (Phi) is 7.07. The van der Waals surface area contributed by atoms with Gasteiger partial charge < -0.3 is 0 Å². The molecule has 0 bridgehead atoms. The highest BCUT2D eigenvalue weighted by atomic mass is 31.1. The van der Waals surface area contributed by atoms with Gasteiger partial charge in [0.25, 0.3) is 0 Å². The molecule has 0 aromatic heterocycles. The maximum absolute atomic E-state index is 2.25. The lowest BCUT2D eigenvalue weighted by atomic mass is 9.73. The van der Waals surface area contributed by atoms with E-state index in [0.29, 0.717) is 0 Å². The average molecular weight is 154 g/mol. The van der Waals surface area contributed by atoms with Crippen molar-refractivity contribution in [3.8, 4) is 0 Å². The summed E-state index contributed by atoms with van der Waals surface area (Å²) in [6, 6.07) is 1.35. The molecule has 0 aliphatic rings. The molecule has 1 unspecified atom stereocenters. The average Bonchev–Trinajstić information content (AvgIpc) is 1.97. The van der Waals surface area contributed by atoms with Crippen LogP contribution in [0.5, 0.6) is 0 Å². The Morgan fingerprint density at radius 1 is 1.60 bits per heavy atom. The summed E-state index contributed by atoms with van der Waals surface area (Å²) in [6.07, 6.45) is 6.37. The molecular formula is C8H16BP. The molecule has 0 saturated carbocycles. The lowest BCUT2D eigenvalue weighted by molar-refractivity contribution is 1.61. The molecule has 0 aliphatic heterocycles. The molecule has 0 aliphatic carbocycles. The summed E-state index contributed by atoms with van der Waals surface area (Å²) >= 11 is 0.